The molecule has 4 nitrogen and oxygen atoms in total. The number of nitrogens with one attached hydrogen (secondary N) is 1. The molecule has 1 atom stereocenters. The van der Waals surface area contributed by atoms with Gasteiger partial charge < -0.3 is 10.2 Å². The summed E-state index contributed by atoms with van der Waals surface area (Å²) in [6, 6.07) is 12.8. The summed E-state index contributed by atoms with van der Waals surface area (Å²) in [5.74, 6) is 1.03. The molecule has 30 heavy (non-hydrogen) atoms. The van der Waals surface area contributed by atoms with Gasteiger partial charge in [-0.15, -0.1) is 0 Å². The quantitative estimate of drug-likeness (QED) is 0.623. The van der Waals surface area contributed by atoms with Crippen molar-refractivity contribution in [3.8, 4) is 0 Å². The van der Waals surface area contributed by atoms with E-state index in [1.54, 1.807) is 11.8 Å². The Morgan fingerprint density at radius 2 is 1.83 bits per heavy atom. The molecule has 5 heteroatoms. The third-order valence-corrected chi connectivity index (χ3v) is 6.37. The molecule has 0 aliphatic carbocycles. The minimum atomic E-state index is 0.0703. The number of aliphatic imine (C=N–C) groups is 1. The van der Waals surface area contributed by atoms with Crippen LogP contribution in [0.2, 0.25) is 0 Å². The van der Waals surface area contributed by atoms with Crippen LogP contribution in [0.1, 0.15) is 31.4 Å². The maximum atomic E-state index is 5.02. The van der Waals surface area contributed by atoms with E-state index in [1.807, 2.05) is 13.2 Å². The smallest absolute Gasteiger partial charge is 0.128 e. The van der Waals surface area contributed by atoms with E-state index in [4.69, 9.17) is 9.98 Å². The van der Waals surface area contributed by atoms with E-state index in [0.717, 1.165) is 42.3 Å². The lowest BCUT2D eigenvalue weighted by Crippen LogP contribution is -2.24. The molecule has 0 radical (unpaired) electrons. The monoisotopic (exact) mass is 416 g/mol. The van der Waals surface area contributed by atoms with E-state index in [-0.39, 0.29) is 5.37 Å². The molecule has 2 aliphatic heterocycles. The van der Waals surface area contributed by atoms with E-state index in [2.05, 4.69) is 84.8 Å². The summed E-state index contributed by atoms with van der Waals surface area (Å²) in [6.07, 6.45) is 11.8. The van der Waals surface area contributed by atoms with Crippen LogP contribution in [0.5, 0.6) is 0 Å². The summed E-state index contributed by atoms with van der Waals surface area (Å²) in [6.45, 7) is 6.37. The van der Waals surface area contributed by atoms with Crippen LogP contribution in [0.4, 0.5) is 11.5 Å². The lowest BCUT2D eigenvalue weighted by Gasteiger charge is -2.21. The van der Waals surface area contributed by atoms with Gasteiger partial charge in [0.05, 0.1) is 5.71 Å². The van der Waals surface area contributed by atoms with E-state index in [0.29, 0.717) is 0 Å². The average Bonchev–Trinajstić information content (AvgIpc) is 2.95. The van der Waals surface area contributed by atoms with Crippen LogP contribution < -0.4 is 10.2 Å². The van der Waals surface area contributed by atoms with Gasteiger partial charge in [0, 0.05) is 42.5 Å². The Kier molecular flexibility index (Phi) is 6.38. The first kappa shape index (κ1) is 20.5. The van der Waals surface area contributed by atoms with Crippen LogP contribution in [-0.4, -0.2) is 36.2 Å². The lowest BCUT2D eigenvalue weighted by atomic mass is 10.1. The molecule has 1 aromatic carbocycles. The van der Waals surface area contributed by atoms with Crippen LogP contribution >= 0.6 is 11.8 Å². The van der Waals surface area contributed by atoms with Gasteiger partial charge in [0.15, 0.2) is 0 Å². The molecule has 154 valence electrons. The molecule has 2 bridgehead atoms. The molecule has 1 aromatic heterocycles. The van der Waals surface area contributed by atoms with Crippen molar-refractivity contribution in [3.63, 3.8) is 0 Å². The summed E-state index contributed by atoms with van der Waals surface area (Å²) in [5, 5.41) is 3.24. The zero-order valence-corrected chi connectivity index (χ0v) is 18.6. The number of nitrogens with zero attached hydrogens (tertiary/aromatic N) is 3. The van der Waals surface area contributed by atoms with Gasteiger partial charge in [0.1, 0.15) is 11.2 Å². The second kappa shape index (κ2) is 9.35. The molecule has 2 aliphatic rings. The second-order valence-electron chi connectivity index (χ2n) is 7.34. The summed E-state index contributed by atoms with van der Waals surface area (Å²) in [5.41, 5.74) is 5.59. The second-order valence-corrected chi connectivity index (χ2v) is 8.50. The average molecular weight is 417 g/mol. The Hall–Kier alpha value is -2.79. The van der Waals surface area contributed by atoms with Crippen molar-refractivity contribution in [1.82, 2.24) is 4.98 Å². The first-order valence-corrected chi connectivity index (χ1v) is 11.4. The first-order valence-electron chi connectivity index (χ1n) is 10.6. The number of aromatic nitrogens is 1. The highest BCUT2D eigenvalue weighted by Crippen LogP contribution is 2.39. The highest BCUT2D eigenvalue weighted by molar-refractivity contribution is 8.09. The predicted octanol–water partition coefficient (Wildman–Crippen LogP) is 5.76. The maximum Gasteiger partial charge on any atom is 0.128 e. The van der Waals surface area contributed by atoms with Crippen molar-refractivity contribution in [1.29, 1.82) is 0 Å². The van der Waals surface area contributed by atoms with E-state index in [9.17, 15) is 0 Å². The minimum Gasteiger partial charge on any atom is -0.388 e. The SMILES string of the molecule is CCCN(CC)c1ccc(C2=NC3C=C(C=C2)C=C(c2ccc(NC)cc2)S3)cn1. The summed E-state index contributed by atoms with van der Waals surface area (Å²) < 4.78 is 0. The van der Waals surface area contributed by atoms with Crippen molar-refractivity contribution >= 4 is 33.9 Å². The fourth-order valence-electron chi connectivity index (χ4n) is 3.64. The summed E-state index contributed by atoms with van der Waals surface area (Å²) in [7, 11) is 1.94. The van der Waals surface area contributed by atoms with Crippen molar-refractivity contribution in [2.45, 2.75) is 25.6 Å². The summed E-state index contributed by atoms with van der Waals surface area (Å²) >= 11 is 1.79. The molecule has 4 rings (SSSR count). The molecule has 0 saturated heterocycles. The Bertz CT molecular complexity index is 1000. The van der Waals surface area contributed by atoms with Gasteiger partial charge in [-0.25, -0.2) is 4.98 Å². The summed E-state index contributed by atoms with van der Waals surface area (Å²) in [4.78, 5) is 13.3. The standard InChI is InChI=1S/C25H28N4S/c1-4-14-29(5-2)24-13-9-20(17-27-24)22-12-6-18-15-23(30-25(16-18)28-22)19-7-10-21(26-3)11-8-19/h6-13,15-17,25-26H,4-5,14H2,1-3H3. The van der Waals surface area contributed by atoms with Crippen LogP contribution in [0.25, 0.3) is 4.91 Å². The number of rotatable bonds is 7. The van der Waals surface area contributed by atoms with Crippen LogP contribution in [0, 0.1) is 0 Å². The van der Waals surface area contributed by atoms with Crippen molar-refractivity contribution in [2.75, 3.05) is 30.4 Å². The molecule has 1 N–H and O–H groups in total. The zero-order valence-electron chi connectivity index (χ0n) is 17.8. The van der Waals surface area contributed by atoms with Crippen LogP contribution in [-0.2, 0) is 0 Å². The zero-order chi connectivity index (χ0) is 20.9. The Morgan fingerprint density at radius 1 is 1.03 bits per heavy atom. The minimum absolute atomic E-state index is 0.0703. The fourth-order valence-corrected chi connectivity index (χ4v) is 4.77. The Labute approximate surface area is 183 Å². The number of fused-ring (bicyclic) bond motifs is 1. The third kappa shape index (κ3) is 4.51. The molecule has 3 heterocycles. The molecular weight excluding hydrogens is 388 g/mol. The number of benzene rings is 1. The van der Waals surface area contributed by atoms with Crippen molar-refractivity contribution in [3.05, 3.63) is 83.6 Å². The van der Waals surface area contributed by atoms with Gasteiger partial charge in [-0.05, 0) is 67.0 Å². The van der Waals surface area contributed by atoms with E-state index in [1.165, 1.54) is 16.0 Å². The number of thioether (sulfide) groups is 1. The number of pyridine rings is 1. The highest BCUT2D eigenvalue weighted by Gasteiger charge is 2.19. The fraction of sp³-hybridized carbons (Fsp3) is 0.280. The van der Waals surface area contributed by atoms with Gasteiger partial charge in [0.2, 0.25) is 0 Å². The lowest BCUT2D eigenvalue weighted by molar-refractivity contribution is 0.778. The van der Waals surface area contributed by atoms with Gasteiger partial charge in [-0.2, -0.15) is 0 Å². The van der Waals surface area contributed by atoms with Gasteiger partial charge >= 0.3 is 0 Å². The van der Waals surface area contributed by atoms with Crippen molar-refractivity contribution < 1.29 is 0 Å². The van der Waals surface area contributed by atoms with E-state index < -0.39 is 0 Å². The molecule has 0 saturated carbocycles. The number of hydrogen-bond donors (Lipinski definition) is 1. The van der Waals surface area contributed by atoms with Crippen LogP contribution in [0.3, 0.4) is 0 Å². The Morgan fingerprint density at radius 3 is 2.50 bits per heavy atom. The molecule has 0 spiro atoms. The number of allylic oxidation sites excluding steroid dienone is 4. The molecule has 0 fully saturated rings. The van der Waals surface area contributed by atoms with Gasteiger partial charge in [-0.3, -0.25) is 4.99 Å². The maximum absolute atomic E-state index is 5.02. The largest absolute Gasteiger partial charge is 0.388 e. The van der Waals surface area contributed by atoms with Crippen LogP contribution in [0.15, 0.2) is 77.5 Å². The van der Waals surface area contributed by atoms with E-state index >= 15 is 0 Å². The number of anilines is 2. The molecule has 0 amide bonds. The topological polar surface area (TPSA) is 40.5 Å². The van der Waals surface area contributed by atoms with Gasteiger partial charge in [-0.1, -0.05) is 36.9 Å². The third-order valence-electron chi connectivity index (χ3n) is 5.28. The predicted molar refractivity (Wildman–Crippen MR) is 132 cm³/mol. The number of hydrogen-bond acceptors (Lipinski definition) is 5. The highest BCUT2D eigenvalue weighted by atomic mass is 32.2. The van der Waals surface area contributed by atoms with Gasteiger partial charge in [0.25, 0.3) is 0 Å². The van der Waals surface area contributed by atoms with Crippen molar-refractivity contribution in [2.24, 2.45) is 4.99 Å². The molecule has 2 aromatic rings. The first-order chi connectivity index (χ1) is 14.7. The molecular formula is C25H28N4S. The normalized spacial score (nSPS) is 17.6. The molecule has 1 unspecified atom stereocenters. The Balaban J connectivity index is 1.54.